The number of rotatable bonds is 9. The van der Waals surface area contributed by atoms with Crippen molar-refractivity contribution in [3.05, 3.63) is 35.5 Å². The van der Waals surface area contributed by atoms with E-state index in [0.717, 1.165) is 44.7 Å². The normalized spacial score (nSPS) is 14.4. The van der Waals surface area contributed by atoms with Crippen LogP contribution >= 0.6 is 0 Å². The van der Waals surface area contributed by atoms with Gasteiger partial charge in [0.05, 0.1) is 0 Å². The van der Waals surface area contributed by atoms with Crippen molar-refractivity contribution in [1.29, 1.82) is 0 Å². The van der Waals surface area contributed by atoms with Crippen molar-refractivity contribution in [3.8, 4) is 0 Å². The molecule has 6 heteroatoms. The molecule has 1 aromatic carbocycles. The molecule has 2 aromatic rings. The minimum atomic E-state index is 0.153. The molecule has 1 aromatic heterocycles. The van der Waals surface area contributed by atoms with E-state index in [1.165, 1.54) is 22.0 Å². The quantitative estimate of drug-likeness (QED) is 0.312. The molecule has 0 bridgehead atoms. The summed E-state index contributed by atoms with van der Waals surface area (Å²) >= 11 is 0. The summed E-state index contributed by atoms with van der Waals surface area (Å²) in [5, 5.41) is 11.0. The van der Waals surface area contributed by atoms with Gasteiger partial charge in [-0.05, 0) is 56.7 Å². The van der Waals surface area contributed by atoms with Crippen molar-refractivity contribution in [1.82, 2.24) is 20.9 Å². The molecule has 146 valence electrons. The van der Waals surface area contributed by atoms with Crippen LogP contribution in [0.2, 0.25) is 0 Å². The number of carbonyl (C=O) groups is 1. The minimum absolute atomic E-state index is 0.153. The second-order valence-corrected chi connectivity index (χ2v) is 7.25. The Labute approximate surface area is 161 Å². The summed E-state index contributed by atoms with van der Waals surface area (Å²) in [5.74, 6) is 0.969. The van der Waals surface area contributed by atoms with Crippen LogP contribution < -0.4 is 16.0 Å². The molecule has 6 nitrogen and oxygen atoms in total. The van der Waals surface area contributed by atoms with Gasteiger partial charge < -0.3 is 20.9 Å². The van der Waals surface area contributed by atoms with Crippen LogP contribution in [-0.4, -0.2) is 42.5 Å². The molecule has 0 radical (unpaired) electrons. The van der Waals surface area contributed by atoms with Gasteiger partial charge in [0.1, 0.15) is 0 Å². The predicted molar refractivity (Wildman–Crippen MR) is 111 cm³/mol. The first kappa shape index (κ1) is 19.3. The third-order valence-corrected chi connectivity index (χ3v) is 4.73. The van der Waals surface area contributed by atoms with Crippen LogP contribution in [0.4, 0.5) is 0 Å². The van der Waals surface area contributed by atoms with E-state index in [2.05, 4.69) is 64.2 Å². The van der Waals surface area contributed by atoms with Gasteiger partial charge in [0, 0.05) is 49.2 Å². The topological polar surface area (TPSA) is 81.3 Å². The second kappa shape index (κ2) is 9.44. The number of aryl methyl sites for hydroxylation is 1. The molecule has 1 aliphatic rings. The fourth-order valence-electron chi connectivity index (χ4n) is 3.12. The lowest BCUT2D eigenvalue weighted by atomic mass is 10.1. The Bertz CT molecular complexity index is 791. The number of aromatic amines is 1. The van der Waals surface area contributed by atoms with Crippen molar-refractivity contribution in [3.63, 3.8) is 0 Å². The highest BCUT2D eigenvalue weighted by Crippen LogP contribution is 2.20. The van der Waals surface area contributed by atoms with Gasteiger partial charge >= 0.3 is 0 Å². The molecule has 1 amide bonds. The third-order valence-electron chi connectivity index (χ3n) is 4.73. The van der Waals surface area contributed by atoms with E-state index in [9.17, 15) is 4.79 Å². The molecule has 1 saturated carbocycles. The smallest absolute Gasteiger partial charge is 0.220 e. The van der Waals surface area contributed by atoms with E-state index in [4.69, 9.17) is 0 Å². The number of fused-ring (bicyclic) bond motifs is 1. The lowest BCUT2D eigenvalue weighted by Gasteiger charge is -2.11. The average Bonchev–Trinajstić information content (AvgIpc) is 3.37. The molecule has 0 atom stereocenters. The summed E-state index contributed by atoms with van der Waals surface area (Å²) in [4.78, 5) is 19.6. The molecule has 27 heavy (non-hydrogen) atoms. The van der Waals surface area contributed by atoms with Crippen LogP contribution in [0.5, 0.6) is 0 Å². The number of aromatic nitrogens is 1. The van der Waals surface area contributed by atoms with Crippen LogP contribution in [0.15, 0.2) is 29.4 Å². The molecule has 0 saturated heterocycles. The van der Waals surface area contributed by atoms with Crippen LogP contribution in [-0.2, 0) is 11.2 Å². The first-order chi connectivity index (χ1) is 13.2. The van der Waals surface area contributed by atoms with Crippen LogP contribution in [0.3, 0.4) is 0 Å². The Morgan fingerprint density at radius 2 is 2.15 bits per heavy atom. The van der Waals surface area contributed by atoms with Crippen molar-refractivity contribution < 1.29 is 4.79 Å². The average molecular weight is 370 g/mol. The summed E-state index contributed by atoms with van der Waals surface area (Å²) in [6, 6.07) is 6.95. The fourth-order valence-corrected chi connectivity index (χ4v) is 3.12. The predicted octanol–water partition coefficient (Wildman–Crippen LogP) is 2.63. The van der Waals surface area contributed by atoms with Gasteiger partial charge in [0.2, 0.25) is 5.91 Å². The molecule has 1 aliphatic carbocycles. The van der Waals surface area contributed by atoms with E-state index in [1.54, 1.807) is 0 Å². The SMILES string of the molecule is CCNC(=NCCCC(=O)NC1CC1)NCCc1c[nH]c2cc(C)ccc12. The van der Waals surface area contributed by atoms with E-state index in [0.29, 0.717) is 19.0 Å². The highest BCUT2D eigenvalue weighted by atomic mass is 16.1. The minimum Gasteiger partial charge on any atom is -0.361 e. The van der Waals surface area contributed by atoms with Gasteiger partial charge in [0.25, 0.3) is 0 Å². The van der Waals surface area contributed by atoms with E-state index < -0.39 is 0 Å². The Kier molecular flexibility index (Phi) is 6.74. The Morgan fingerprint density at radius 1 is 1.30 bits per heavy atom. The summed E-state index contributed by atoms with van der Waals surface area (Å²) in [6.45, 7) is 6.45. The Morgan fingerprint density at radius 3 is 2.93 bits per heavy atom. The number of carbonyl (C=O) groups excluding carboxylic acids is 1. The first-order valence-corrected chi connectivity index (χ1v) is 10.0. The molecule has 1 heterocycles. The summed E-state index contributed by atoms with van der Waals surface area (Å²) < 4.78 is 0. The third kappa shape index (κ3) is 6.01. The van der Waals surface area contributed by atoms with Gasteiger partial charge in [-0.1, -0.05) is 12.1 Å². The van der Waals surface area contributed by atoms with Gasteiger partial charge in [-0.2, -0.15) is 0 Å². The molecule has 0 spiro atoms. The highest BCUT2D eigenvalue weighted by Gasteiger charge is 2.22. The zero-order valence-corrected chi connectivity index (χ0v) is 16.4. The standard InChI is InChI=1S/C21H31N5O/c1-3-22-21(23-11-4-5-20(27)26-17-7-8-17)24-12-10-16-14-25-19-13-15(2)6-9-18(16)19/h6,9,13-14,17,25H,3-5,7-8,10-12H2,1-2H3,(H,26,27)(H2,22,23,24). The lowest BCUT2D eigenvalue weighted by molar-refractivity contribution is -0.121. The van der Waals surface area contributed by atoms with Crippen LogP contribution in [0.25, 0.3) is 10.9 Å². The van der Waals surface area contributed by atoms with Crippen LogP contribution in [0.1, 0.15) is 43.7 Å². The van der Waals surface area contributed by atoms with Crippen molar-refractivity contribution in [2.24, 2.45) is 4.99 Å². The number of nitrogens with zero attached hydrogens (tertiary/aromatic N) is 1. The zero-order valence-electron chi connectivity index (χ0n) is 16.4. The van der Waals surface area contributed by atoms with Crippen LogP contribution in [0, 0.1) is 6.92 Å². The van der Waals surface area contributed by atoms with Gasteiger partial charge in [-0.25, -0.2) is 0 Å². The Hall–Kier alpha value is -2.50. The number of amides is 1. The molecule has 3 rings (SSSR count). The molecule has 0 unspecified atom stereocenters. The number of hydrogen-bond donors (Lipinski definition) is 4. The van der Waals surface area contributed by atoms with E-state index in [1.807, 2.05) is 0 Å². The molecule has 0 aliphatic heterocycles. The zero-order chi connectivity index (χ0) is 19.1. The number of H-pyrrole nitrogens is 1. The molecule has 1 fully saturated rings. The van der Waals surface area contributed by atoms with E-state index >= 15 is 0 Å². The fraction of sp³-hybridized carbons (Fsp3) is 0.524. The van der Waals surface area contributed by atoms with Gasteiger partial charge in [-0.15, -0.1) is 0 Å². The highest BCUT2D eigenvalue weighted by molar-refractivity contribution is 5.84. The molecule has 4 N–H and O–H groups in total. The summed E-state index contributed by atoms with van der Waals surface area (Å²) in [7, 11) is 0. The number of benzene rings is 1. The largest absolute Gasteiger partial charge is 0.361 e. The number of nitrogens with one attached hydrogen (secondary N) is 4. The lowest BCUT2D eigenvalue weighted by Crippen LogP contribution is -2.38. The maximum atomic E-state index is 11.7. The molecular weight excluding hydrogens is 338 g/mol. The number of guanidine groups is 1. The number of hydrogen-bond acceptors (Lipinski definition) is 2. The first-order valence-electron chi connectivity index (χ1n) is 10.0. The Balaban J connectivity index is 1.43. The van der Waals surface area contributed by atoms with Crippen molar-refractivity contribution >= 4 is 22.8 Å². The van der Waals surface area contributed by atoms with Gasteiger partial charge in [-0.3, -0.25) is 9.79 Å². The van der Waals surface area contributed by atoms with Crippen molar-refractivity contribution in [2.45, 2.75) is 52.0 Å². The van der Waals surface area contributed by atoms with Crippen molar-refractivity contribution in [2.75, 3.05) is 19.6 Å². The van der Waals surface area contributed by atoms with E-state index in [-0.39, 0.29) is 5.91 Å². The monoisotopic (exact) mass is 369 g/mol. The van der Waals surface area contributed by atoms with Gasteiger partial charge in [0.15, 0.2) is 5.96 Å². The maximum absolute atomic E-state index is 11.7. The summed E-state index contributed by atoms with van der Waals surface area (Å²) in [6.07, 6.45) is 6.61. The molecular formula is C21H31N5O. The number of aliphatic imine (C=N–C) groups is 1. The maximum Gasteiger partial charge on any atom is 0.220 e. The summed E-state index contributed by atoms with van der Waals surface area (Å²) in [5.41, 5.74) is 3.77. The second-order valence-electron chi connectivity index (χ2n) is 7.25.